The van der Waals surface area contributed by atoms with Crippen molar-refractivity contribution >= 4 is 0 Å². The van der Waals surface area contributed by atoms with Gasteiger partial charge >= 0.3 is 0 Å². The van der Waals surface area contributed by atoms with Crippen LogP contribution in [0.4, 0.5) is 0 Å². The van der Waals surface area contributed by atoms with Crippen LogP contribution in [0.1, 0.15) is 23.9 Å². The van der Waals surface area contributed by atoms with Crippen molar-refractivity contribution in [2.75, 3.05) is 7.11 Å². The predicted molar refractivity (Wildman–Crippen MR) is 69.6 cm³/mol. The lowest BCUT2D eigenvalue weighted by Crippen LogP contribution is -2.06. The Morgan fingerprint density at radius 2 is 2.00 bits per heavy atom. The topological polar surface area (TPSA) is 47.3 Å². The molecule has 18 heavy (non-hydrogen) atoms. The molecule has 0 spiro atoms. The normalized spacial score (nSPS) is 10.6. The average molecular weight is 246 g/mol. The largest absolute Gasteiger partial charge is 0.497 e. The minimum atomic E-state index is 0.0170. The molecule has 0 atom stereocenters. The fourth-order valence-electron chi connectivity index (χ4n) is 1.86. The summed E-state index contributed by atoms with van der Waals surface area (Å²) in [7, 11) is 1.65. The molecule has 2 rings (SSSR count). The summed E-state index contributed by atoms with van der Waals surface area (Å²) >= 11 is 0. The lowest BCUT2D eigenvalue weighted by molar-refractivity contribution is 0.269. The number of aliphatic hydroxyl groups is 1. The highest BCUT2D eigenvalue weighted by atomic mass is 16.5. The van der Waals surface area contributed by atoms with Gasteiger partial charge in [0.05, 0.1) is 31.6 Å². The molecule has 0 amide bonds. The monoisotopic (exact) mass is 246 g/mol. The molecule has 1 N–H and O–H groups in total. The van der Waals surface area contributed by atoms with Crippen molar-refractivity contribution in [2.45, 2.75) is 26.5 Å². The highest BCUT2D eigenvalue weighted by molar-refractivity contribution is 5.27. The Morgan fingerprint density at radius 3 is 2.56 bits per heavy atom. The number of benzene rings is 1. The van der Waals surface area contributed by atoms with Gasteiger partial charge in [-0.1, -0.05) is 19.1 Å². The first kappa shape index (κ1) is 12.6. The van der Waals surface area contributed by atoms with Gasteiger partial charge in [0, 0.05) is 0 Å². The third-order valence-electron chi connectivity index (χ3n) is 2.93. The molecule has 4 nitrogen and oxygen atoms in total. The Balaban J connectivity index is 2.18. The van der Waals surface area contributed by atoms with E-state index in [-0.39, 0.29) is 6.61 Å². The molecule has 0 aliphatic heterocycles. The Hall–Kier alpha value is -1.81. The number of aryl methyl sites for hydroxylation is 1. The van der Waals surface area contributed by atoms with Crippen molar-refractivity contribution in [1.29, 1.82) is 0 Å². The van der Waals surface area contributed by atoms with Crippen molar-refractivity contribution in [2.24, 2.45) is 0 Å². The maximum Gasteiger partial charge on any atom is 0.118 e. The Kier molecular flexibility index (Phi) is 3.99. The van der Waals surface area contributed by atoms with Gasteiger partial charge < -0.3 is 9.84 Å². The highest BCUT2D eigenvalue weighted by Gasteiger charge is 2.06. The Bertz CT molecular complexity index is 503. The Morgan fingerprint density at radius 1 is 1.28 bits per heavy atom. The molecule has 0 radical (unpaired) electrons. The smallest absolute Gasteiger partial charge is 0.118 e. The average Bonchev–Trinajstić information content (AvgIpc) is 2.82. The van der Waals surface area contributed by atoms with E-state index in [0.717, 1.165) is 29.1 Å². The molecule has 1 heterocycles. The number of nitrogens with zero attached hydrogens (tertiary/aromatic N) is 2. The summed E-state index contributed by atoms with van der Waals surface area (Å²) in [6.45, 7) is 2.74. The highest BCUT2D eigenvalue weighted by Crippen LogP contribution is 2.14. The third-order valence-corrected chi connectivity index (χ3v) is 2.93. The number of ether oxygens (including phenoxy) is 1. The van der Waals surface area contributed by atoms with Crippen molar-refractivity contribution in [3.8, 4) is 5.75 Å². The zero-order valence-electron chi connectivity index (χ0n) is 10.8. The first-order valence-corrected chi connectivity index (χ1v) is 6.06. The molecule has 0 fully saturated rings. The second-order valence-electron chi connectivity index (χ2n) is 4.14. The summed E-state index contributed by atoms with van der Waals surface area (Å²) < 4.78 is 6.97. The van der Waals surface area contributed by atoms with Crippen LogP contribution in [0.25, 0.3) is 0 Å². The van der Waals surface area contributed by atoms with E-state index in [4.69, 9.17) is 4.74 Å². The number of aliphatic hydroxyl groups excluding tert-OH is 1. The molecule has 0 unspecified atom stereocenters. The molecule has 0 saturated heterocycles. The van der Waals surface area contributed by atoms with Crippen molar-refractivity contribution in [3.05, 3.63) is 47.3 Å². The van der Waals surface area contributed by atoms with Crippen LogP contribution in [-0.4, -0.2) is 22.0 Å². The summed E-state index contributed by atoms with van der Waals surface area (Å²) in [5, 5.41) is 13.8. The minimum absolute atomic E-state index is 0.0170. The molecule has 0 aliphatic rings. The number of aromatic nitrogens is 2. The number of hydrogen-bond acceptors (Lipinski definition) is 3. The van der Waals surface area contributed by atoms with Gasteiger partial charge in [0.25, 0.3) is 0 Å². The van der Waals surface area contributed by atoms with Gasteiger partial charge in [-0.3, -0.25) is 4.68 Å². The molecule has 0 saturated carbocycles. The molecule has 4 heteroatoms. The Labute approximate surface area is 107 Å². The number of methoxy groups -OCH3 is 1. The number of hydrogen-bond donors (Lipinski definition) is 1. The molecule has 2 aromatic rings. The van der Waals surface area contributed by atoms with E-state index in [9.17, 15) is 5.11 Å². The van der Waals surface area contributed by atoms with Gasteiger partial charge in [0.2, 0.25) is 0 Å². The molecule has 1 aromatic heterocycles. The lowest BCUT2D eigenvalue weighted by atomic mass is 10.2. The second kappa shape index (κ2) is 5.69. The van der Waals surface area contributed by atoms with E-state index in [2.05, 4.69) is 12.0 Å². The van der Waals surface area contributed by atoms with E-state index in [1.165, 1.54) is 0 Å². The van der Waals surface area contributed by atoms with E-state index in [1.54, 1.807) is 7.11 Å². The van der Waals surface area contributed by atoms with Crippen LogP contribution in [0.15, 0.2) is 30.3 Å². The quantitative estimate of drug-likeness (QED) is 0.877. The zero-order chi connectivity index (χ0) is 13.0. The van der Waals surface area contributed by atoms with Gasteiger partial charge in [-0.05, 0) is 30.2 Å². The van der Waals surface area contributed by atoms with Gasteiger partial charge in [-0.2, -0.15) is 5.10 Å². The molecule has 0 bridgehead atoms. The summed E-state index contributed by atoms with van der Waals surface area (Å²) in [6.07, 6.45) is 0.878. The van der Waals surface area contributed by atoms with Gasteiger partial charge in [-0.15, -0.1) is 0 Å². The fourth-order valence-corrected chi connectivity index (χ4v) is 1.86. The van der Waals surface area contributed by atoms with Crippen molar-refractivity contribution in [3.63, 3.8) is 0 Å². The van der Waals surface area contributed by atoms with Gasteiger partial charge in [0.1, 0.15) is 5.75 Å². The zero-order valence-corrected chi connectivity index (χ0v) is 10.8. The van der Waals surface area contributed by atoms with Crippen LogP contribution in [0.5, 0.6) is 5.75 Å². The third kappa shape index (κ3) is 2.71. The molecule has 96 valence electrons. The summed E-state index contributed by atoms with van der Waals surface area (Å²) in [6, 6.07) is 9.82. The van der Waals surface area contributed by atoms with E-state index < -0.39 is 0 Å². The second-order valence-corrected chi connectivity index (χ2v) is 4.14. The van der Waals surface area contributed by atoms with Crippen LogP contribution in [0, 0.1) is 0 Å². The van der Waals surface area contributed by atoms with E-state index in [0.29, 0.717) is 6.54 Å². The first-order chi connectivity index (χ1) is 8.76. The molecule has 1 aromatic carbocycles. The maximum atomic E-state index is 9.31. The fraction of sp³-hybridized carbons (Fsp3) is 0.357. The predicted octanol–water partition coefficient (Wildman–Crippen LogP) is 1.99. The van der Waals surface area contributed by atoms with Crippen LogP contribution < -0.4 is 4.74 Å². The van der Waals surface area contributed by atoms with Crippen LogP contribution in [0.2, 0.25) is 0 Å². The molecular formula is C14H18N2O2. The van der Waals surface area contributed by atoms with Crippen LogP contribution >= 0.6 is 0 Å². The SMILES string of the molecule is CCc1cc(CO)n(Cc2ccc(OC)cc2)n1. The van der Waals surface area contributed by atoms with E-state index in [1.807, 2.05) is 35.0 Å². The molecule has 0 aliphatic carbocycles. The summed E-state index contributed by atoms with van der Waals surface area (Å²) in [5.41, 5.74) is 2.99. The summed E-state index contributed by atoms with van der Waals surface area (Å²) in [5.74, 6) is 0.843. The van der Waals surface area contributed by atoms with Crippen molar-refractivity contribution in [1.82, 2.24) is 9.78 Å². The van der Waals surface area contributed by atoms with Crippen LogP contribution in [0.3, 0.4) is 0 Å². The maximum absolute atomic E-state index is 9.31. The minimum Gasteiger partial charge on any atom is -0.497 e. The summed E-state index contributed by atoms with van der Waals surface area (Å²) in [4.78, 5) is 0. The standard InChI is InChI=1S/C14H18N2O2/c1-3-12-8-13(10-17)16(15-12)9-11-4-6-14(18-2)7-5-11/h4-8,17H,3,9-10H2,1-2H3. The molecular weight excluding hydrogens is 228 g/mol. The van der Waals surface area contributed by atoms with Gasteiger partial charge in [0.15, 0.2) is 0 Å². The van der Waals surface area contributed by atoms with Gasteiger partial charge in [-0.25, -0.2) is 0 Å². The first-order valence-electron chi connectivity index (χ1n) is 6.06. The van der Waals surface area contributed by atoms with Crippen molar-refractivity contribution < 1.29 is 9.84 Å². The lowest BCUT2D eigenvalue weighted by Gasteiger charge is -2.06. The number of rotatable bonds is 5. The van der Waals surface area contributed by atoms with Crippen LogP contribution in [-0.2, 0) is 19.6 Å². The van der Waals surface area contributed by atoms with E-state index >= 15 is 0 Å².